The number of aromatic nitrogens is 2. The number of imidazole rings is 1. The molecule has 2 aromatic rings. The summed E-state index contributed by atoms with van der Waals surface area (Å²) in [6, 6.07) is 12.4. The molecule has 1 aliphatic heterocycles. The van der Waals surface area contributed by atoms with Gasteiger partial charge in [-0.3, -0.25) is 0 Å². The zero-order valence-corrected chi connectivity index (χ0v) is 16.9. The highest BCUT2D eigenvalue weighted by molar-refractivity contribution is 5.74. The van der Waals surface area contributed by atoms with Crippen LogP contribution < -0.4 is 5.32 Å². The average Bonchev–Trinajstić information content (AvgIpc) is 3.20. The summed E-state index contributed by atoms with van der Waals surface area (Å²) in [6.07, 6.45) is 6.74. The first kappa shape index (κ1) is 19.9. The number of rotatable bonds is 4. The third kappa shape index (κ3) is 4.36. The van der Waals surface area contributed by atoms with Crippen molar-refractivity contribution in [2.24, 2.45) is 5.41 Å². The largest absolute Gasteiger partial charge is 0.335 e. The Morgan fingerprint density at radius 1 is 1.29 bits per heavy atom. The second kappa shape index (κ2) is 8.05. The van der Waals surface area contributed by atoms with Crippen LogP contribution >= 0.6 is 0 Å². The van der Waals surface area contributed by atoms with Crippen LogP contribution in [0.4, 0.5) is 4.79 Å². The highest BCUT2D eigenvalue weighted by Crippen LogP contribution is 2.35. The molecule has 148 valence electrons. The lowest BCUT2D eigenvalue weighted by atomic mass is 9.74. The van der Waals surface area contributed by atoms with Crippen LogP contribution in [-0.2, 0) is 12.0 Å². The van der Waals surface area contributed by atoms with Crippen LogP contribution in [0, 0.1) is 16.7 Å². The molecule has 1 saturated heterocycles. The van der Waals surface area contributed by atoms with Gasteiger partial charge in [-0.1, -0.05) is 51.1 Å². The predicted molar refractivity (Wildman–Crippen MR) is 109 cm³/mol. The molecule has 28 heavy (non-hydrogen) atoms. The third-order valence-electron chi connectivity index (χ3n) is 5.74. The fourth-order valence-electron chi connectivity index (χ4n) is 3.70. The van der Waals surface area contributed by atoms with Crippen molar-refractivity contribution in [3.63, 3.8) is 0 Å². The molecule has 1 aliphatic rings. The first-order valence-electron chi connectivity index (χ1n) is 9.82. The number of nitriles is 1. The number of nitrogens with one attached hydrogen (secondary N) is 1. The monoisotopic (exact) mass is 379 g/mol. The van der Waals surface area contributed by atoms with Gasteiger partial charge in [0.15, 0.2) is 0 Å². The van der Waals surface area contributed by atoms with Crippen molar-refractivity contribution in [2.45, 2.75) is 51.6 Å². The summed E-state index contributed by atoms with van der Waals surface area (Å²) >= 11 is 0. The number of urea groups is 1. The topological polar surface area (TPSA) is 74.0 Å². The van der Waals surface area contributed by atoms with Crippen LogP contribution in [0.3, 0.4) is 0 Å². The van der Waals surface area contributed by atoms with Gasteiger partial charge in [0.1, 0.15) is 0 Å². The van der Waals surface area contributed by atoms with Gasteiger partial charge in [0.25, 0.3) is 0 Å². The Morgan fingerprint density at radius 3 is 2.50 bits per heavy atom. The molecule has 0 saturated carbocycles. The Morgan fingerprint density at radius 2 is 1.96 bits per heavy atom. The molecule has 0 spiro atoms. The standard InChI is InChI=1S/C22H29N5O/c1-21(2,3)19(15-26-14-11-24-17-26)25-20(28)27-12-9-22(16-23,10-13-27)18-7-5-4-6-8-18/h4-8,11,14,17,19H,9-10,12-13,15H2,1-3H3,(H,25,28). The second-order valence-corrected chi connectivity index (χ2v) is 8.67. The molecular weight excluding hydrogens is 350 g/mol. The van der Waals surface area contributed by atoms with Gasteiger partial charge >= 0.3 is 6.03 Å². The number of amides is 2. The molecule has 1 aromatic carbocycles. The number of nitrogens with zero attached hydrogens (tertiary/aromatic N) is 4. The molecule has 0 radical (unpaired) electrons. The van der Waals surface area contributed by atoms with Gasteiger partial charge in [0, 0.05) is 32.0 Å². The first-order chi connectivity index (χ1) is 13.3. The molecule has 1 unspecified atom stereocenters. The summed E-state index contributed by atoms with van der Waals surface area (Å²) in [4.78, 5) is 18.9. The molecule has 2 amide bonds. The minimum atomic E-state index is -0.502. The van der Waals surface area contributed by atoms with Gasteiger partial charge in [0.2, 0.25) is 0 Å². The minimum Gasteiger partial charge on any atom is -0.335 e. The van der Waals surface area contributed by atoms with Crippen LogP contribution in [0.5, 0.6) is 0 Å². The van der Waals surface area contributed by atoms with Crippen molar-refractivity contribution in [1.82, 2.24) is 19.8 Å². The van der Waals surface area contributed by atoms with Crippen molar-refractivity contribution in [2.75, 3.05) is 13.1 Å². The van der Waals surface area contributed by atoms with E-state index in [-0.39, 0.29) is 17.5 Å². The molecule has 3 rings (SSSR count). The quantitative estimate of drug-likeness (QED) is 0.882. The van der Waals surface area contributed by atoms with E-state index in [1.165, 1.54) is 0 Å². The van der Waals surface area contributed by atoms with Gasteiger partial charge in [-0.2, -0.15) is 5.26 Å². The fraction of sp³-hybridized carbons (Fsp3) is 0.500. The maximum atomic E-state index is 12.9. The maximum absolute atomic E-state index is 12.9. The first-order valence-corrected chi connectivity index (χ1v) is 9.82. The van der Waals surface area contributed by atoms with Crippen molar-refractivity contribution >= 4 is 6.03 Å². The summed E-state index contributed by atoms with van der Waals surface area (Å²) < 4.78 is 1.99. The molecule has 1 atom stereocenters. The Kier molecular flexibility index (Phi) is 5.73. The molecule has 6 heteroatoms. The van der Waals surface area contributed by atoms with E-state index in [4.69, 9.17) is 0 Å². The van der Waals surface area contributed by atoms with Crippen molar-refractivity contribution in [3.8, 4) is 6.07 Å². The van der Waals surface area contributed by atoms with Crippen molar-refractivity contribution in [1.29, 1.82) is 5.26 Å². The van der Waals surface area contributed by atoms with Crippen molar-refractivity contribution < 1.29 is 4.79 Å². The molecular formula is C22H29N5O. The fourth-order valence-corrected chi connectivity index (χ4v) is 3.70. The molecule has 1 fully saturated rings. The second-order valence-electron chi connectivity index (χ2n) is 8.67. The summed E-state index contributed by atoms with van der Waals surface area (Å²) in [7, 11) is 0. The molecule has 0 bridgehead atoms. The van der Waals surface area contributed by atoms with Crippen LogP contribution in [0.25, 0.3) is 0 Å². The Balaban J connectivity index is 1.65. The van der Waals surface area contributed by atoms with E-state index >= 15 is 0 Å². The lowest BCUT2D eigenvalue weighted by Gasteiger charge is -2.39. The summed E-state index contributed by atoms with van der Waals surface area (Å²) in [5.74, 6) is 0. The minimum absolute atomic E-state index is 0.0222. The lowest BCUT2D eigenvalue weighted by Crippen LogP contribution is -2.54. The Hall–Kier alpha value is -2.81. The van der Waals surface area contributed by atoms with Gasteiger partial charge in [-0.25, -0.2) is 9.78 Å². The third-order valence-corrected chi connectivity index (χ3v) is 5.74. The Bertz CT molecular complexity index is 809. The van der Waals surface area contributed by atoms with Crippen LogP contribution in [0.15, 0.2) is 49.1 Å². The van der Waals surface area contributed by atoms with E-state index in [1.807, 2.05) is 46.0 Å². The highest BCUT2D eigenvalue weighted by Gasteiger charge is 2.38. The Labute approximate surface area is 167 Å². The van der Waals surface area contributed by atoms with E-state index in [2.05, 4.69) is 37.1 Å². The molecule has 0 aliphatic carbocycles. The molecule has 1 aromatic heterocycles. The van der Waals surface area contributed by atoms with E-state index in [9.17, 15) is 10.1 Å². The van der Waals surface area contributed by atoms with Gasteiger partial charge < -0.3 is 14.8 Å². The number of hydrogen-bond acceptors (Lipinski definition) is 3. The van der Waals surface area contributed by atoms with Crippen LogP contribution in [-0.4, -0.2) is 39.6 Å². The zero-order valence-electron chi connectivity index (χ0n) is 16.9. The smallest absolute Gasteiger partial charge is 0.317 e. The number of likely N-dealkylation sites (tertiary alicyclic amines) is 1. The van der Waals surface area contributed by atoms with Crippen molar-refractivity contribution in [3.05, 3.63) is 54.6 Å². The summed E-state index contributed by atoms with van der Waals surface area (Å²) in [5, 5.41) is 13.0. The van der Waals surface area contributed by atoms with E-state index in [0.717, 1.165) is 5.56 Å². The number of hydrogen-bond donors (Lipinski definition) is 1. The predicted octanol–water partition coefficient (Wildman–Crippen LogP) is 3.56. The normalized spacial score (nSPS) is 17.6. The molecule has 1 N–H and O–H groups in total. The summed E-state index contributed by atoms with van der Waals surface area (Å²) in [6.45, 7) is 8.21. The zero-order chi connectivity index (χ0) is 20.2. The average molecular weight is 380 g/mol. The van der Waals surface area contributed by atoms with E-state index in [1.54, 1.807) is 12.5 Å². The van der Waals surface area contributed by atoms with Crippen LogP contribution in [0.2, 0.25) is 0 Å². The molecule has 2 heterocycles. The van der Waals surface area contributed by atoms with Gasteiger partial charge in [0.05, 0.1) is 23.9 Å². The SMILES string of the molecule is CC(C)(C)C(Cn1ccnc1)NC(=O)N1CCC(C#N)(c2ccccc2)CC1. The maximum Gasteiger partial charge on any atom is 0.317 e. The van der Waals surface area contributed by atoms with E-state index in [0.29, 0.717) is 32.5 Å². The number of carbonyl (C=O) groups is 1. The number of benzene rings is 1. The molecule has 6 nitrogen and oxygen atoms in total. The van der Waals surface area contributed by atoms with Crippen LogP contribution in [0.1, 0.15) is 39.2 Å². The van der Waals surface area contributed by atoms with Gasteiger partial charge in [-0.15, -0.1) is 0 Å². The summed E-state index contributed by atoms with van der Waals surface area (Å²) in [5.41, 5.74) is 0.458. The number of piperidine rings is 1. The highest BCUT2D eigenvalue weighted by atomic mass is 16.2. The van der Waals surface area contributed by atoms with Gasteiger partial charge in [-0.05, 0) is 23.8 Å². The van der Waals surface area contributed by atoms with E-state index < -0.39 is 5.41 Å². The number of carbonyl (C=O) groups excluding carboxylic acids is 1. The lowest BCUT2D eigenvalue weighted by molar-refractivity contribution is 0.154.